The van der Waals surface area contributed by atoms with Crippen molar-refractivity contribution in [3.8, 4) is 11.5 Å². The van der Waals surface area contributed by atoms with E-state index in [0.717, 1.165) is 5.56 Å². The molecule has 1 atom stereocenters. The van der Waals surface area contributed by atoms with Crippen LogP contribution in [0.25, 0.3) is 5.76 Å². The van der Waals surface area contributed by atoms with Crippen LogP contribution < -0.4 is 9.47 Å². The molecule has 0 spiro atoms. The molecule has 1 unspecified atom stereocenters. The summed E-state index contributed by atoms with van der Waals surface area (Å²) in [5.74, 6) is -0.859. The third-order valence-corrected chi connectivity index (χ3v) is 5.84. The molecule has 0 saturated carbocycles. The van der Waals surface area contributed by atoms with Crippen molar-refractivity contribution < 1.29 is 24.2 Å². The van der Waals surface area contributed by atoms with Crippen LogP contribution in [0.5, 0.6) is 11.5 Å². The van der Waals surface area contributed by atoms with E-state index in [4.69, 9.17) is 21.1 Å². The molecule has 1 fully saturated rings. The number of aromatic nitrogens is 1. The summed E-state index contributed by atoms with van der Waals surface area (Å²) in [6.07, 6.45) is 3.27. The van der Waals surface area contributed by atoms with E-state index in [0.29, 0.717) is 34.3 Å². The summed E-state index contributed by atoms with van der Waals surface area (Å²) in [6.45, 7) is 2.33. The van der Waals surface area contributed by atoms with Gasteiger partial charge in [0.1, 0.15) is 17.3 Å². The lowest BCUT2D eigenvalue weighted by molar-refractivity contribution is -0.140. The van der Waals surface area contributed by atoms with Crippen LogP contribution in [0, 0.1) is 0 Å². The highest BCUT2D eigenvalue weighted by molar-refractivity contribution is 6.46. The number of carbonyl (C=O) groups excluding carboxylic acids is 2. The number of hydrogen-bond donors (Lipinski definition) is 1. The minimum atomic E-state index is -0.832. The summed E-state index contributed by atoms with van der Waals surface area (Å²) in [6, 6.07) is 14.5. The van der Waals surface area contributed by atoms with Crippen molar-refractivity contribution in [2.24, 2.45) is 0 Å². The minimum Gasteiger partial charge on any atom is -0.507 e. The first kappa shape index (κ1) is 23.3. The second-order valence-corrected chi connectivity index (χ2v) is 8.05. The lowest BCUT2D eigenvalue weighted by Gasteiger charge is -2.25. The van der Waals surface area contributed by atoms with E-state index in [-0.39, 0.29) is 17.9 Å². The summed E-state index contributed by atoms with van der Waals surface area (Å²) in [5, 5.41) is 11.6. The SMILES string of the molecule is CCOc1cc(/C(O)=C2/C(=O)C(=O)N(Cc3cccnc3)C2c2cccc(OC)c2)ccc1Cl. The summed E-state index contributed by atoms with van der Waals surface area (Å²) in [7, 11) is 1.54. The number of halogens is 1. The summed E-state index contributed by atoms with van der Waals surface area (Å²) >= 11 is 6.19. The largest absolute Gasteiger partial charge is 0.507 e. The highest BCUT2D eigenvalue weighted by atomic mass is 35.5. The van der Waals surface area contributed by atoms with Gasteiger partial charge in [-0.1, -0.05) is 29.8 Å². The van der Waals surface area contributed by atoms with Crippen molar-refractivity contribution in [3.05, 3.63) is 94.3 Å². The van der Waals surface area contributed by atoms with Gasteiger partial charge in [-0.25, -0.2) is 0 Å². The average molecular weight is 479 g/mol. The van der Waals surface area contributed by atoms with E-state index in [2.05, 4.69) is 4.98 Å². The van der Waals surface area contributed by atoms with Gasteiger partial charge in [-0.15, -0.1) is 0 Å². The molecule has 2 aromatic carbocycles. The van der Waals surface area contributed by atoms with Gasteiger partial charge in [-0.05, 0) is 54.4 Å². The van der Waals surface area contributed by atoms with E-state index >= 15 is 0 Å². The zero-order chi connectivity index (χ0) is 24.2. The Balaban J connectivity index is 1.87. The molecule has 0 aliphatic carbocycles. The van der Waals surface area contributed by atoms with Gasteiger partial charge in [0, 0.05) is 24.5 Å². The number of ketones is 1. The van der Waals surface area contributed by atoms with Crippen molar-refractivity contribution in [2.45, 2.75) is 19.5 Å². The number of pyridine rings is 1. The number of carbonyl (C=O) groups is 2. The van der Waals surface area contributed by atoms with Crippen molar-refractivity contribution >= 4 is 29.1 Å². The molecule has 174 valence electrons. The summed E-state index contributed by atoms with van der Waals surface area (Å²) in [4.78, 5) is 31.9. The first-order valence-corrected chi connectivity index (χ1v) is 11.1. The van der Waals surface area contributed by atoms with Crippen LogP contribution in [-0.4, -0.2) is 40.4 Å². The van der Waals surface area contributed by atoms with Gasteiger partial charge in [0.15, 0.2) is 0 Å². The molecule has 7 nitrogen and oxygen atoms in total. The van der Waals surface area contributed by atoms with Crippen molar-refractivity contribution in [1.82, 2.24) is 9.88 Å². The minimum absolute atomic E-state index is 0.0214. The Kier molecular flexibility index (Phi) is 6.84. The van der Waals surface area contributed by atoms with Gasteiger partial charge in [0.05, 0.1) is 30.4 Å². The number of rotatable bonds is 7. The van der Waals surface area contributed by atoms with Crippen LogP contribution in [0.4, 0.5) is 0 Å². The van der Waals surface area contributed by atoms with Crippen LogP contribution in [0.1, 0.15) is 29.7 Å². The number of amides is 1. The number of hydrogen-bond acceptors (Lipinski definition) is 6. The number of methoxy groups -OCH3 is 1. The number of ether oxygens (including phenoxy) is 2. The number of nitrogens with zero attached hydrogens (tertiary/aromatic N) is 2. The molecular formula is C26H23ClN2O5. The Morgan fingerprint density at radius 2 is 1.97 bits per heavy atom. The van der Waals surface area contributed by atoms with E-state index in [9.17, 15) is 14.7 Å². The Morgan fingerprint density at radius 1 is 1.15 bits per heavy atom. The fourth-order valence-corrected chi connectivity index (χ4v) is 4.13. The zero-order valence-electron chi connectivity index (χ0n) is 18.7. The van der Waals surface area contributed by atoms with Crippen LogP contribution >= 0.6 is 11.6 Å². The lowest BCUT2D eigenvalue weighted by atomic mass is 9.95. The standard InChI is InChI=1S/C26H23ClN2O5/c1-3-34-21-13-18(9-10-20(21)27)24(30)22-23(17-7-4-8-19(12-17)33-2)29(26(32)25(22)31)15-16-6-5-11-28-14-16/h4-14,23,30H,3,15H2,1-2H3/b24-22-. The molecule has 0 radical (unpaired) electrons. The molecule has 8 heteroatoms. The van der Waals surface area contributed by atoms with Crippen LogP contribution in [-0.2, 0) is 16.1 Å². The maximum absolute atomic E-state index is 13.2. The van der Waals surface area contributed by atoms with Gasteiger partial charge in [-0.2, -0.15) is 0 Å². The number of likely N-dealkylation sites (tertiary alicyclic amines) is 1. The molecular weight excluding hydrogens is 456 g/mol. The Labute approximate surface area is 202 Å². The number of Topliss-reactive ketones (excluding diaryl/α,β-unsaturated/α-hetero) is 1. The molecule has 1 aliphatic heterocycles. The molecule has 0 bridgehead atoms. The third kappa shape index (κ3) is 4.47. The maximum Gasteiger partial charge on any atom is 0.295 e. The highest BCUT2D eigenvalue weighted by Gasteiger charge is 2.46. The number of benzene rings is 2. The Bertz CT molecular complexity index is 1260. The molecule has 1 aromatic heterocycles. The predicted molar refractivity (Wildman–Crippen MR) is 128 cm³/mol. The first-order chi connectivity index (χ1) is 16.4. The highest BCUT2D eigenvalue weighted by Crippen LogP contribution is 2.41. The Morgan fingerprint density at radius 3 is 2.68 bits per heavy atom. The maximum atomic E-state index is 13.2. The van der Waals surface area contributed by atoms with E-state index in [1.165, 1.54) is 12.0 Å². The second-order valence-electron chi connectivity index (χ2n) is 7.64. The van der Waals surface area contributed by atoms with Crippen molar-refractivity contribution in [3.63, 3.8) is 0 Å². The molecule has 1 aliphatic rings. The molecule has 3 aromatic rings. The number of aliphatic hydroxyl groups excluding tert-OH is 1. The van der Waals surface area contributed by atoms with Crippen molar-refractivity contribution in [1.29, 1.82) is 0 Å². The summed E-state index contributed by atoms with van der Waals surface area (Å²) < 4.78 is 10.9. The van der Waals surface area contributed by atoms with Crippen LogP contribution in [0.3, 0.4) is 0 Å². The fraction of sp³-hybridized carbons (Fsp3) is 0.192. The molecule has 34 heavy (non-hydrogen) atoms. The van der Waals surface area contributed by atoms with E-state index < -0.39 is 17.7 Å². The second kappa shape index (κ2) is 9.97. The molecule has 2 heterocycles. The first-order valence-electron chi connectivity index (χ1n) is 10.7. The molecule has 1 N–H and O–H groups in total. The molecule has 4 rings (SSSR count). The van der Waals surface area contributed by atoms with Gasteiger partial charge < -0.3 is 19.5 Å². The van der Waals surface area contributed by atoms with Gasteiger partial charge in [-0.3, -0.25) is 14.6 Å². The zero-order valence-corrected chi connectivity index (χ0v) is 19.5. The summed E-state index contributed by atoms with van der Waals surface area (Å²) in [5.41, 5.74) is 1.68. The topological polar surface area (TPSA) is 89.0 Å². The quantitative estimate of drug-likeness (QED) is 0.299. The smallest absolute Gasteiger partial charge is 0.295 e. The average Bonchev–Trinajstić information content (AvgIpc) is 3.10. The third-order valence-electron chi connectivity index (χ3n) is 5.53. The fourth-order valence-electron chi connectivity index (χ4n) is 3.96. The van der Waals surface area contributed by atoms with Crippen molar-refractivity contribution in [2.75, 3.05) is 13.7 Å². The van der Waals surface area contributed by atoms with E-state index in [1.54, 1.807) is 60.9 Å². The normalized spacial score (nSPS) is 17.1. The molecule has 1 saturated heterocycles. The monoisotopic (exact) mass is 478 g/mol. The van der Waals surface area contributed by atoms with Gasteiger partial charge in [0.25, 0.3) is 11.7 Å². The van der Waals surface area contributed by atoms with Gasteiger partial charge in [0.2, 0.25) is 0 Å². The van der Waals surface area contributed by atoms with E-state index in [1.807, 2.05) is 13.0 Å². The number of aliphatic hydroxyl groups is 1. The molecule has 1 amide bonds. The van der Waals surface area contributed by atoms with Crippen LogP contribution in [0.15, 0.2) is 72.6 Å². The van der Waals surface area contributed by atoms with Gasteiger partial charge >= 0.3 is 0 Å². The van der Waals surface area contributed by atoms with Crippen LogP contribution in [0.2, 0.25) is 5.02 Å². The lowest BCUT2D eigenvalue weighted by Crippen LogP contribution is -2.29. The Hall–Kier alpha value is -3.84. The predicted octanol–water partition coefficient (Wildman–Crippen LogP) is 4.76.